The van der Waals surface area contributed by atoms with Crippen LogP contribution in [-0.2, 0) is 0 Å². The second-order valence-electron chi connectivity index (χ2n) is 6.17. The largest absolute Gasteiger partial charge is 0.454 e. The molecule has 1 aliphatic rings. The van der Waals surface area contributed by atoms with E-state index in [0.717, 1.165) is 15.7 Å². The van der Waals surface area contributed by atoms with Crippen molar-refractivity contribution >= 4 is 44.3 Å². The molecular formula is C21H14BrN3O3S. The lowest BCUT2D eigenvalue weighted by Gasteiger charge is -2.08. The lowest BCUT2D eigenvalue weighted by atomic mass is 10.1. The van der Waals surface area contributed by atoms with Crippen LogP contribution < -0.4 is 14.8 Å². The number of ether oxygens (including phenoxy) is 2. The number of benzene rings is 2. The molecule has 8 heteroatoms. The summed E-state index contributed by atoms with van der Waals surface area (Å²) in [6.07, 6.45) is 1.55. The Morgan fingerprint density at radius 1 is 1.28 bits per heavy atom. The van der Waals surface area contributed by atoms with Crippen LogP contribution in [0.15, 0.2) is 52.5 Å². The quantitative estimate of drug-likeness (QED) is 0.394. The molecule has 0 saturated carbocycles. The first-order valence-electron chi connectivity index (χ1n) is 8.58. The van der Waals surface area contributed by atoms with Gasteiger partial charge in [0.2, 0.25) is 6.79 Å². The second kappa shape index (κ2) is 8.07. The number of aromatic nitrogens is 1. The van der Waals surface area contributed by atoms with Crippen molar-refractivity contribution in [1.29, 1.82) is 5.26 Å². The van der Waals surface area contributed by atoms with Crippen LogP contribution in [-0.4, -0.2) is 17.6 Å². The number of ketones is 1. The molecule has 0 spiro atoms. The van der Waals surface area contributed by atoms with Crippen molar-refractivity contribution in [2.24, 2.45) is 0 Å². The maximum absolute atomic E-state index is 12.0. The summed E-state index contributed by atoms with van der Waals surface area (Å²) in [5, 5.41) is 15.1. The minimum Gasteiger partial charge on any atom is -0.454 e. The number of carbonyl (C=O) groups is 1. The minimum atomic E-state index is -0.121. The Morgan fingerprint density at radius 2 is 2.00 bits per heavy atom. The number of thiazole rings is 1. The molecule has 2 heterocycles. The Hall–Kier alpha value is -3.15. The standard InChI is InChI=1S/C21H14BrN3O3S/c1-12(26)16-6-19-20(28-11-27-19)7-17(16)24-9-14(8-23)21-25-18(10-29-21)13-2-4-15(22)5-3-13/h2-7,9-10,24H,11H2,1H3/b14-9+. The molecule has 0 aliphatic carbocycles. The summed E-state index contributed by atoms with van der Waals surface area (Å²) in [6, 6.07) is 13.3. The van der Waals surface area contributed by atoms with Gasteiger partial charge in [0.15, 0.2) is 17.3 Å². The SMILES string of the molecule is CC(=O)c1cc2c(cc1N/C=C(\C#N)c1nc(-c3ccc(Br)cc3)cs1)OCO2. The number of anilines is 1. The Balaban J connectivity index is 1.62. The molecule has 1 aliphatic heterocycles. The van der Waals surface area contributed by atoms with E-state index in [0.29, 0.717) is 33.3 Å². The van der Waals surface area contributed by atoms with E-state index < -0.39 is 0 Å². The molecule has 1 aromatic heterocycles. The first kappa shape index (κ1) is 19.2. The fraction of sp³-hybridized carbons (Fsp3) is 0.0952. The Labute approximate surface area is 179 Å². The molecule has 0 amide bonds. The molecule has 144 valence electrons. The topological polar surface area (TPSA) is 84.2 Å². The number of allylic oxidation sites excluding steroid dienone is 1. The number of rotatable bonds is 5. The van der Waals surface area contributed by atoms with Crippen molar-refractivity contribution in [2.45, 2.75) is 6.92 Å². The van der Waals surface area contributed by atoms with Gasteiger partial charge >= 0.3 is 0 Å². The molecule has 0 saturated heterocycles. The van der Waals surface area contributed by atoms with Crippen molar-refractivity contribution in [3.63, 3.8) is 0 Å². The zero-order chi connectivity index (χ0) is 20.4. The van der Waals surface area contributed by atoms with Crippen molar-refractivity contribution in [3.05, 3.63) is 63.0 Å². The van der Waals surface area contributed by atoms with E-state index in [9.17, 15) is 10.1 Å². The van der Waals surface area contributed by atoms with Gasteiger partial charge in [-0.15, -0.1) is 11.3 Å². The molecule has 3 aromatic rings. The summed E-state index contributed by atoms with van der Waals surface area (Å²) in [5.74, 6) is 0.963. The van der Waals surface area contributed by atoms with Gasteiger partial charge in [-0.1, -0.05) is 28.1 Å². The average molecular weight is 468 g/mol. The number of nitriles is 1. The lowest BCUT2D eigenvalue weighted by Crippen LogP contribution is -2.00. The van der Waals surface area contributed by atoms with Gasteiger partial charge in [-0.05, 0) is 25.1 Å². The predicted octanol–water partition coefficient (Wildman–Crippen LogP) is 5.48. The van der Waals surface area contributed by atoms with Gasteiger partial charge in [-0.25, -0.2) is 4.98 Å². The van der Waals surface area contributed by atoms with Gasteiger partial charge in [-0.3, -0.25) is 4.79 Å². The Morgan fingerprint density at radius 3 is 2.69 bits per heavy atom. The van der Waals surface area contributed by atoms with Crippen LogP contribution in [0.4, 0.5) is 5.69 Å². The van der Waals surface area contributed by atoms with Crippen molar-refractivity contribution in [2.75, 3.05) is 12.1 Å². The van der Waals surface area contributed by atoms with E-state index in [1.54, 1.807) is 18.3 Å². The van der Waals surface area contributed by atoms with E-state index in [2.05, 4.69) is 32.3 Å². The average Bonchev–Trinajstić information content (AvgIpc) is 3.37. The molecule has 4 rings (SSSR count). The predicted molar refractivity (Wildman–Crippen MR) is 115 cm³/mol. The number of halogens is 1. The fourth-order valence-electron chi connectivity index (χ4n) is 2.80. The van der Waals surface area contributed by atoms with E-state index in [4.69, 9.17) is 9.47 Å². The minimum absolute atomic E-state index is 0.118. The van der Waals surface area contributed by atoms with Gasteiger partial charge in [0.1, 0.15) is 16.6 Å². The number of nitrogens with zero attached hydrogens (tertiary/aromatic N) is 2. The third kappa shape index (κ3) is 4.01. The number of nitrogens with one attached hydrogen (secondary N) is 1. The number of fused-ring (bicyclic) bond motifs is 1. The van der Waals surface area contributed by atoms with Crippen molar-refractivity contribution in [1.82, 2.24) is 4.98 Å². The summed E-state index contributed by atoms with van der Waals surface area (Å²) in [4.78, 5) is 16.6. The zero-order valence-corrected chi connectivity index (χ0v) is 17.6. The molecule has 6 nitrogen and oxygen atoms in total. The molecule has 0 atom stereocenters. The van der Waals surface area contributed by atoms with E-state index in [1.807, 2.05) is 29.6 Å². The van der Waals surface area contributed by atoms with E-state index in [1.165, 1.54) is 18.3 Å². The highest BCUT2D eigenvalue weighted by Gasteiger charge is 2.19. The lowest BCUT2D eigenvalue weighted by molar-refractivity contribution is 0.101. The Kier molecular flexibility index (Phi) is 5.34. The van der Waals surface area contributed by atoms with Gasteiger partial charge in [0.25, 0.3) is 0 Å². The molecule has 0 fully saturated rings. The summed E-state index contributed by atoms with van der Waals surface area (Å²) in [5.41, 5.74) is 3.13. The highest BCUT2D eigenvalue weighted by atomic mass is 79.9. The molecule has 1 N–H and O–H groups in total. The maximum Gasteiger partial charge on any atom is 0.231 e. The van der Waals surface area contributed by atoms with Crippen LogP contribution in [0.1, 0.15) is 22.3 Å². The van der Waals surface area contributed by atoms with Crippen LogP contribution in [0.5, 0.6) is 11.5 Å². The number of hydrogen-bond acceptors (Lipinski definition) is 7. The second-order valence-corrected chi connectivity index (χ2v) is 7.94. The smallest absolute Gasteiger partial charge is 0.231 e. The van der Waals surface area contributed by atoms with E-state index in [-0.39, 0.29) is 12.6 Å². The summed E-state index contributed by atoms with van der Waals surface area (Å²) < 4.78 is 11.7. The van der Waals surface area contributed by atoms with E-state index >= 15 is 0 Å². The number of carbonyl (C=O) groups excluding carboxylic acids is 1. The third-order valence-electron chi connectivity index (χ3n) is 4.26. The van der Waals surface area contributed by atoms with Crippen LogP contribution in [0.25, 0.3) is 16.8 Å². The highest BCUT2D eigenvalue weighted by Crippen LogP contribution is 2.37. The summed E-state index contributed by atoms with van der Waals surface area (Å²) in [6.45, 7) is 1.59. The first-order chi connectivity index (χ1) is 14.0. The van der Waals surface area contributed by atoms with Gasteiger partial charge in [0.05, 0.1) is 11.4 Å². The molecule has 29 heavy (non-hydrogen) atoms. The summed E-state index contributed by atoms with van der Waals surface area (Å²) in [7, 11) is 0. The normalized spacial score (nSPS) is 12.5. The van der Waals surface area contributed by atoms with Crippen LogP contribution in [0.2, 0.25) is 0 Å². The monoisotopic (exact) mass is 467 g/mol. The third-order valence-corrected chi connectivity index (χ3v) is 5.66. The molecule has 0 unspecified atom stereocenters. The number of hydrogen-bond donors (Lipinski definition) is 1. The fourth-order valence-corrected chi connectivity index (χ4v) is 3.85. The van der Waals surface area contributed by atoms with Gasteiger partial charge in [0, 0.05) is 33.2 Å². The van der Waals surface area contributed by atoms with Crippen LogP contribution in [0.3, 0.4) is 0 Å². The van der Waals surface area contributed by atoms with Crippen LogP contribution >= 0.6 is 27.3 Å². The summed E-state index contributed by atoms with van der Waals surface area (Å²) >= 11 is 4.80. The molecule has 0 radical (unpaired) electrons. The Bertz CT molecular complexity index is 1160. The zero-order valence-electron chi connectivity index (χ0n) is 15.2. The molecular weight excluding hydrogens is 454 g/mol. The van der Waals surface area contributed by atoms with Gasteiger partial charge < -0.3 is 14.8 Å². The maximum atomic E-state index is 12.0. The highest BCUT2D eigenvalue weighted by molar-refractivity contribution is 9.10. The van der Waals surface area contributed by atoms with Crippen molar-refractivity contribution in [3.8, 4) is 28.8 Å². The number of Topliss-reactive ketones (excluding diaryl/α,β-unsaturated/α-hetero) is 1. The van der Waals surface area contributed by atoms with Crippen LogP contribution in [0, 0.1) is 11.3 Å². The molecule has 0 bridgehead atoms. The molecule has 2 aromatic carbocycles. The van der Waals surface area contributed by atoms with Crippen molar-refractivity contribution < 1.29 is 14.3 Å². The van der Waals surface area contributed by atoms with Gasteiger partial charge in [-0.2, -0.15) is 5.26 Å². The first-order valence-corrected chi connectivity index (χ1v) is 10.3.